The second-order valence-corrected chi connectivity index (χ2v) is 5.74. The molecule has 2 aromatic rings. The molecule has 0 atom stereocenters. The third-order valence-corrected chi connectivity index (χ3v) is 4.37. The van der Waals surface area contributed by atoms with E-state index in [1.807, 2.05) is 0 Å². The van der Waals surface area contributed by atoms with Gasteiger partial charge in [0.15, 0.2) is 11.5 Å². The standard InChI is InChI=1S/C19H20N2O5/c1-20-14-8-6-5-7-13(14)19(23)21(11-17(20)22)12-9-15(24-2)18(26-4)16(10-12)25-3/h5-10H,11H2,1-4H3. The van der Waals surface area contributed by atoms with Gasteiger partial charge in [0.25, 0.3) is 5.91 Å². The van der Waals surface area contributed by atoms with E-state index in [1.54, 1.807) is 43.4 Å². The van der Waals surface area contributed by atoms with Crippen molar-refractivity contribution < 1.29 is 23.8 Å². The summed E-state index contributed by atoms with van der Waals surface area (Å²) in [6.45, 7) is -0.0946. The fourth-order valence-corrected chi connectivity index (χ4v) is 2.97. The Morgan fingerprint density at radius 1 is 0.923 bits per heavy atom. The Kier molecular flexibility index (Phi) is 4.71. The molecule has 3 rings (SSSR count). The number of hydrogen-bond acceptors (Lipinski definition) is 5. The fraction of sp³-hybridized carbons (Fsp3) is 0.263. The number of benzene rings is 2. The Morgan fingerprint density at radius 2 is 1.54 bits per heavy atom. The Hall–Kier alpha value is -3.22. The topological polar surface area (TPSA) is 68.3 Å². The van der Waals surface area contributed by atoms with Gasteiger partial charge in [0.05, 0.1) is 38.3 Å². The second-order valence-electron chi connectivity index (χ2n) is 5.74. The maximum Gasteiger partial charge on any atom is 0.260 e. The van der Waals surface area contributed by atoms with Crippen LogP contribution in [0.1, 0.15) is 10.4 Å². The zero-order chi connectivity index (χ0) is 18.8. The zero-order valence-corrected chi connectivity index (χ0v) is 15.1. The molecule has 0 saturated carbocycles. The van der Waals surface area contributed by atoms with Crippen molar-refractivity contribution in [1.29, 1.82) is 0 Å². The van der Waals surface area contributed by atoms with Crippen LogP contribution >= 0.6 is 0 Å². The lowest BCUT2D eigenvalue weighted by atomic mass is 10.1. The largest absolute Gasteiger partial charge is 0.493 e. The van der Waals surface area contributed by atoms with Crippen LogP contribution in [0, 0.1) is 0 Å². The van der Waals surface area contributed by atoms with Gasteiger partial charge in [-0.25, -0.2) is 0 Å². The molecular formula is C19H20N2O5. The second kappa shape index (κ2) is 6.95. The summed E-state index contributed by atoms with van der Waals surface area (Å²) in [5.74, 6) is 0.774. The number of ether oxygens (including phenoxy) is 3. The number of fused-ring (bicyclic) bond motifs is 1. The highest BCUT2D eigenvalue weighted by atomic mass is 16.5. The van der Waals surface area contributed by atoms with Gasteiger partial charge in [-0.05, 0) is 12.1 Å². The third kappa shape index (κ3) is 2.81. The molecular weight excluding hydrogens is 336 g/mol. The highest BCUT2D eigenvalue weighted by Crippen LogP contribution is 2.41. The molecule has 0 radical (unpaired) electrons. The van der Waals surface area contributed by atoms with E-state index >= 15 is 0 Å². The number of hydrogen-bond donors (Lipinski definition) is 0. The Labute approximate surface area is 151 Å². The van der Waals surface area contributed by atoms with E-state index in [4.69, 9.17) is 14.2 Å². The maximum absolute atomic E-state index is 13.1. The van der Waals surface area contributed by atoms with Crippen molar-refractivity contribution in [2.45, 2.75) is 0 Å². The minimum Gasteiger partial charge on any atom is -0.493 e. The predicted molar refractivity (Wildman–Crippen MR) is 97.6 cm³/mol. The van der Waals surface area contributed by atoms with Crippen LogP contribution in [0.15, 0.2) is 36.4 Å². The van der Waals surface area contributed by atoms with Gasteiger partial charge in [0.1, 0.15) is 6.54 Å². The van der Waals surface area contributed by atoms with Crippen LogP contribution < -0.4 is 24.0 Å². The molecule has 2 aromatic carbocycles. The molecule has 7 heteroatoms. The van der Waals surface area contributed by atoms with Gasteiger partial charge in [-0.15, -0.1) is 0 Å². The van der Waals surface area contributed by atoms with Crippen molar-refractivity contribution >= 4 is 23.2 Å². The molecule has 0 spiro atoms. The summed E-state index contributed by atoms with van der Waals surface area (Å²) in [6.07, 6.45) is 0. The maximum atomic E-state index is 13.1. The van der Waals surface area contributed by atoms with Gasteiger partial charge < -0.3 is 19.1 Å². The van der Waals surface area contributed by atoms with Crippen molar-refractivity contribution in [3.8, 4) is 17.2 Å². The molecule has 0 fully saturated rings. The summed E-state index contributed by atoms with van der Waals surface area (Å²) in [7, 11) is 6.16. The molecule has 1 aliphatic rings. The summed E-state index contributed by atoms with van der Waals surface area (Å²) in [5, 5.41) is 0. The van der Waals surface area contributed by atoms with E-state index in [0.29, 0.717) is 34.2 Å². The molecule has 136 valence electrons. The summed E-state index contributed by atoms with van der Waals surface area (Å²) in [4.78, 5) is 28.6. The zero-order valence-electron chi connectivity index (χ0n) is 15.1. The third-order valence-electron chi connectivity index (χ3n) is 4.37. The van der Waals surface area contributed by atoms with E-state index in [9.17, 15) is 9.59 Å². The number of anilines is 2. The molecule has 7 nitrogen and oxygen atoms in total. The highest BCUT2D eigenvalue weighted by Gasteiger charge is 2.31. The van der Waals surface area contributed by atoms with E-state index in [0.717, 1.165) is 0 Å². The van der Waals surface area contributed by atoms with Crippen LogP contribution in [0.25, 0.3) is 0 Å². The van der Waals surface area contributed by atoms with Crippen molar-refractivity contribution in [3.05, 3.63) is 42.0 Å². The smallest absolute Gasteiger partial charge is 0.260 e. The van der Waals surface area contributed by atoms with Crippen LogP contribution in [0.2, 0.25) is 0 Å². The summed E-state index contributed by atoms with van der Waals surface area (Å²) in [6, 6.07) is 10.3. The van der Waals surface area contributed by atoms with Crippen LogP contribution in [0.4, 0.5) is 11.4 Å². The van der Waals surface area contributed by atoms with Gasteiger partial charge in [0, 0.05) is 19.2 Å². The molecule has 0 unspecified atom stereocenters. The summed E-state index contributed by atoms with van der Waals surface area (Å²) < 4.78 is 16.0. The number of nitrogens with zero attached hydrogens (tertiary/aromatic N) is 2. The van der Waals surface area contributed by atoms with Crippen molar-refractivity contribution in [2.24, 2.45) is 0 Å². The minimum atomic E-state index is -0.271. The molecule has 1 heterocycles. The SMILES string of the molecule is COc1cc(N2CC(=O)N(C)c3ccccc3C2=O)cc(OC)c1OC. The molecule has 1 aliphatic heterocycles. The first-order chi connectivity index (χ1) is 12.5. The van der Waals surface area contributed by atoms with Crippen LogP contribution in [0.5, 0.6) is 17.2 Å². The Morgan fingerprint density at radius 3 is 2.12 bits per heavy atom. The van der Waals surface area contributed by atoms with Crippen molar-refractivity contribution in [3.63, 3.8) is 0 Å². The molecule has 0 N–H and O–H groups in total. The lowest BCUT2D eigenvalue weighted by Crippen LogP contribution is -2.37. The van der Waals surface area contributed by atoms with Gasteiger partial charge in [-0.2, -0.15) is 0 Å². The average Bonchev–Trinajstić information content (AvgIpc) is 2.77. The first-order valence-corrected chi connectivity index (χ1v) is 7.99. The summed E-state index contributed by atoms with van der Waals surface area (Å²) in [5.41, 5.74) is 1.52. The summed E-state index contributed by atoms with van der Waals surface area (Å²) >= 11 is 0. The number of rotatable bonds is 4. The molecule has 0 saturated heterocycles. The molecule has 26 heavy (non-hydrogen) atoms. The Balaban J connectivity index is 2.15. The normalized spacial score (nSPS) is 14.0. The van der Waals surface area contributed by atoms with Crippen LogP contribution in [-0.4, -0.2) is 46.7 Å². The van der Waals surface area contributed by atoms with Crippen LogP contribution in [0.3, 0.4) is 0 Å². The number of likely N-dealkylation sites (N-methyl/N-ethyl adjacent to an activating group) is 1. The fourth-order valence-electron chi connectivity index (χ4n) is 2.97. The quantitative estimate of drug-likeness (QED) is 0.841. The van der Waals surface area contributed by atoms with Gasteiger partial charge in [-0.1, -0.05) is 12.1 Å². The minimum absolute atomic E-state index is 0.0946. The highest BCUT2D eigenvalue weighted by molar-refractivity contribution is 6.17. The van der Waals surface area contributed by atoms with E-state index in [1.165, 1.54) is 31.1 Å². The number of methoxy groups -OCH3 is 3. The number of amides is 2. The monoisotopic (exact) mass is 356 g/mol. The van der Waals surface area contributed by atoms with Gasteiger partial charge in [-0.3, -0.25) is 14.5 Å². The number of para-hydroxylation sites is 1. The van der Waals surface area contributed by atoms with Gasteiger partial charge in [0.2, 0.25) is 11.7 Å². The molecule has 0 aromatic heterocycles. The molecule has 0 aliphatic carbocycles. The Bertz CT molecular complexity index is 840. The average molecular weight is 356 g/mol. The molecule has 2 amide bonds. The number of carbonyl (C=O) groups is 2. The molecule has 0 bridgehead atoms. The van der Waals surface area contributed by atoms with E-state index < -0.39 is 0 Å². The predicted octanol–water partition coefficient (Wildman–Crippen LogP) is 2.34. The van der Waals surface area contributed by atoms with Crippen molar-refractivity contribution in [2.75, 3.05) is 44.7 Å². The first-order valence-electron chi connectivity index (χ1n) is 7.99. The van der Waals surface area contributed by atoms with E-state index in [2.05, 4.69) is 0 Å². The van der Waals surface area contributed by atoms with Crippen molar-refractivity contribution in [1.82, 2.24) is 0 Å². The first kappa shape index (κ1) is 17.6. The van der Waals surface area contributed by atoms with Gasteiger partial charge >= 0.3 is 0 Å². The number of carbonyl (C=O) groups excluding carboxylic acids is 2. The lowest BCUT2D eigenvalue weighted by Gasteiger charge is -2.22. The van der Waals surface area contributed by atoms with E-state index in [-0.39, 0.29) is 18.4 Å². The lowest BCUT2D eigenvalue weighted by molar-refractivity contribution is -0.116. The van der Waals surface area contributed by atoms with Crippen LogP contribution in [-0.2, 0) is 4.79 Å².